The largest absolute Gasteiger partial charge is 0.493 e. The molecule has 1 heterocycles. The first kappa shape index (κ1) is 14.8. The summed E-state index contributed by atoms with van der Waals surface area (Å²) in [6.45, 7) is 0. The molecule has 5 nitrogen and oxygen atoms in total. The van der Waals surface area contributed by atoms with Gasteiger partial charge in [0.05, 0.1) is 14.2 Å². The van der Waals surface area contributed by atoms with E-state index >= 15 is 0 Å². The van der Waals surface area contributed by atoms with Crippen LogP contribution in [0.25, 0.3) is 6.08 Å². The van der Waals surface area contributed by atoms with Gasteiger partial charge in [0.1, 0.15) is 5.70 Å². The Bertz CT molecular complexity index is 616. The van der Waals surface area contributed by atoms with E-state index in [-0.39, 0.29) is 5.91 Å². The predicted octanol–water partition coefficient (Wildman–Crippen LogP) is 2.15. The van der Waals surface area contributed by atoms with Crippen LogP contribution >= 0.6 is 28.1 Å². The van der Waals surface area contributed by atoms with Gasteiger partial charge in [-0.15, -0.1) is 0 Å². The van der Waals surface area contributed by atoms with Crippen molar-refractivity contribution < 1.29 is 14.3 Å². The molecule has 1 saturated heterocycles. The highest BCUT2D eigenvalue weighted by Crippen LogP contribution is 2.34. The second-order valence-corrected chi connectivity index (χ2v) is 5.32. The fraction of sp³-hybridized carbons (Fsp3) is 0.231. The van der Waals surface area contributed by atoms with Gasteiger partial charge >= 0.3 is 0 Å². The number of amides is 1. The second-order valence-electron chi connectivity index (χ2n) is 4.08. The maximum Gasteiger partial charge on any atom is 0.276 e. The zero-order valence-electron chi connectivity index (χ0n) is 11.2. The van der Waals surface area contributed by atoms with Gasteiger partial charge in [0.2, 0.25) is 0 Å². The van der Waals surface area contributed by atoms with Gasteiger partial charge in [0.25, 0.3) is 5.91 Å². The molecule has 0 atom stereocenters. The van der Waals surface area contributed by atoms with E-state index in [1.807, 2.05) is 0 Å². The SMILES string of the molecule is COc1cc(Br)c(/C=C2\NC(=S)N(C)C2=O)cc1OC. The van der Waals surface area contributed by atoms with E-state index < -0.39 is 0 Å². The molecule has 1 fully saturated rings. The summed E-state index contributed by atoms with van der Waals surface area (Å²) in [5, 5.41) is 3.26. The summed E-state index contributed by atoms with van der Waals surface area (Å²) in [6.07, 6.45) is 1.71. The predicted molar refractivity (Wildman–Crippen MR) is 83.7 cm³/mol. The van der Waals surface area contributed by atoms with Crippen LogP contribution < -0.4 is 14.8 Å². The number of ether oxygens (including phenoxy) is 2. The Morgan fingerprint density at radius 1 is 1.30 bits per heavy atom. The van der Waals surface area contributed by atoms with E-state index in [0.29, 0.717) is 22.3 Å². The molecule has 1 aliphatic heterocycles. The van der Waals surface area contributed by atoms with Crippen LogP contribution in [0, 0.1) is 0 Å². The van der Waals surface area contributed by atoms with E-state index in [1.165, 1.54) is 4.90 Å². The first-order chi connectivity index (χ1) is 9.47. The van der Waals surface area contributed by atoms with E-state index in [4.69, 9.17) is 21.7 Å². The van der Waals surface area contributed by atoms with Crippen LogP contribution in [0.4, 0.5) is 0 Å². The molecule has 0 spiro atoms. The van der Waals surface area contributed by atoms with Crippen LogP contribution in [0.2, 0.25) is 0 Å². The van der Waals surface area contributed by atoms with Crippen molar-refractivity contribution in [2.75, 3.05) is 21.3 Å². The lowest BCUT2D eigenvalue weighted by Gasteiger charge is -2.10. The van der Waals surface area contributed by atoms with Crippen LogP contribution in [0.5, 0.6) is 11.5 Å². The van der Waals surface area contributed by atoms with Crippen LogP contribution in [-0.4, -0.2) is 37.2 Å². The third kappa shape index (κ3) is 2.64. The minimum absolute atomic E-state index is 0.170. The van der Waals surface area contributed by atoms with Gasteiger partial charge in [-0.25, -0.2) is 0 Å². The quantitative estimate of drug-likeness (QED) is 0.664. The highest BCUT2D eigenvalue weighted by Gasteiger charge is 2.27. The number of rotatable bonds is 3. The van der Waals surface area contributed by atoms with Gasteiger partial charge in [-0.2, -0.15) is 0 Å². The van der Waals surface area contributed by atoms with Gasteiger partial charge < -0.3 is 14.8 Å². The molecule has 1 aromatic rings. The lowest BCUT2D eigenvalue weighted by Crippen LogP contribution is -2.25. The van der Waals surface area contributed by atoms with Crippen molar-refractivity contribution in [3.05, 3.63) is 27.9 Å². The normalized spacial score (nSPS) is 16.6. The molecular formula is C13H13BrN2O3S. The Kier molecular flexibility index (Phi) is 4.29. The number of likely N-dealkylation sites (N-methyl/N-ethyl adjacent to an activating group) is 1. The van der Waals surface area contributed by atoms with Crippen LogP contribution in [0.1, 0.15) is 5.56 Å². The molecule has 20 heavy (non-hydrogen) atoms. The number of methoxy groups -OCH3 is 2. The molecule has 1 N–H and O–H groups in total. The van der Waals surface area contributed by atoms with Gasteiger partial charge in [-0.1, -0.05) is 15.9 Å². The molecule has 1 aromatic carbocycles. The van der Waals surface area contributed by atoms with E-state index in [2.05, 4.69) is 21.2 Å². The summed E-state index contributed by atoms with van der Waals surface area (Å²) >= 11 is 8.47. The number of nitrogens with one attached hydrogen (secondary N) is 1. The minimum atomic E-state index is -0.170. The van der Waals surface area contributed by atoms with Crippen molar-refractivity contribution in [3.63, 3.8) is 0 Å². The molecule has 106 valence electrons. The van der Waals surface area contributed by atoms with Gasteiger partial charge in [0, 0.05) is 11.5 Å². The minimum Gasteiger partial charge on any atom is -0.493 e. The molecule has 1 aliphatic rings. The van der Waals surface area contributed by atoms with Crippen molar-refractivity contribution >= 4 is 45.2 Å². The fourth-order valence-corrected chi connectivity index (χ4v) is 2.39. The Hall–Kier alpha value is -1.60. The number of benzene rings is 1. The summed E-state index contributed by atoms with van der Waals surface area (Å²) in [4.78, 5) is 13.3. The van der Waals surface area contributed by atoms with Crippen molar-refractivity contribution in [2.24, 2.45) is 0 Å². The summed E-state index contributed by atoms with van der Waals surface area (Å²) in [6, 6.07) is 3.57. The number of carbonyl (C=O) groups excluding carboxylic acids is 1. The van der Waals surface area contributed by atoms with Crippen LogP contribution in [-0.2, 0) is 4.79 Å². The Morgan fingerprint density at radius 2 is 1.90 bits per heavy atom. The zero-order valence-corrected chi connectivity index (χ0v) is 13.6. The number of hydrogen-bond donors (Lipinski definition) is 1. The first-order valence-corrected chi connectivity index (χ1v) is 6.90. The molecule has 0 unspecified atom stereocenters. The number of halogens is 1. The highest BCUT2D eigenvalue weighted by atomic mass is 79.9. The van der Waals surface area contributed by atoms with Crippen molar-refractivity contribution in [1.29, 1.82) is 0 Å². The van der Waals surface area contributed by atoms with Gasteiger partial charge in [-0.3, -0.25) is 9.69 Å². The summed E-state index contributed by atoms with van der Waals surface area (Å²) in [7, 11) is 4.75. The monoisotopic (exact) mass is 356 g/mol. The first-order valence-electron chi connectivity index (χ1n) is 5.70. The molecule has 0 saturated carbocycles. The Morgan fingerprint density at radius 3 is 2.40 bits per heavy atom. The smallest absolute Gasteiger partial charge is 0.276 e. The summed E-state index contributed by atoms with van der Waals surface area (Å²) < 4.78 is 11.2. The standard InChI is InChI=1S/C13H13BrN2O3S/c1-16-12(17)9(15-13(16)20)4-7-5-10(18-2)11(19-3)6-8(7)14/h4-6H,1-3H3,(H,15,20)/b9-4-. The number of nitrogens with zero attached hydrogens (tertiary/aromatic N) is 1. The Balaban J connectivity index is 2.44. The van der Waals surface area contributed by atoms with Gasteiger partial charge in [0.15, 0.2) is 16.6 Å². The second kappa shape index (κ2) is 5.80. The number of carbonyl (C=O) groups is 1. The Labute approximate surface area is 130 Å². The topological polar surface area (TPSA) is 50.8 Å². The molecule has 0 aliphatic carbocycles. The third-order valence-electron chi connectivity index (χ3n) is 2.88. The van der Waals surface area contributed by atoms with Crippen molar-refractivity contribution in [1.82, 2.24) is 10.2 Å². The molecule has 1 amide bonds. The lowest BCUT2D eigenvalue weighted by atomic mass is 10.1. The third-order valence-corrected chi connectivity index (χ3v) is 3.95. The van der Waals surface area contributed by atoms with Crippen LogP contribution in [0.15, 0.2) is 22.3 Å². The zero-order chi connectivity index (χ0) is 14.9. The maximum absolute atomic E-state index is 11.9. The van der Waals surface area contributed by atoms with Crippen molar-refractivity contribution in [3.8, 4) is 11.5 Å². The van der Waals surface area contributed by atoms with Crippen LogP contribution in [0.3, 0.4) is 0 Å². The molecule has 2 rings (SSSR count). The molecule has 0 bridgehead atoms. The van der Waals surface area contributed by atoms with E-state index in [0.717, 1.165) is 10.0 Å². The lowest BCUT2D eigenvalue weighted by molar-refractivity contribution is -0.121. The molecule has 0 aromatic heterocycles. The number of hydrogen-bond acceptors (Lipinski definition) is 4. The average Bonchev–Trinajstić information content (AvgIpc) is 2.68. The maximum atomic E-state index is 11.9. The molecular weight excluding hydrogens is 344 g/mol. The molecule has 7 heteroatoms. The summed E-state index contributed by atoms with van der Waals surface area (Å²) in [5.41, 5.74) is 1.21. The number of thiocarbonyl (C=S) groups is 1. The van der Waals surface area contributed by atoms with Gasteiger partial charge in [-0.05, 0) is 36.0 Å². The average molecular weight is 357 g/mol. The van der Waals surface area contributed by atoms with E-state index in [9.17, 15) is 4.79 Å². The fourth-order valence-electron chi connectivity index (χ4n) is 1.76. The van der Waals surface area contributed by atoms with Crippen molar-refractivity contribution in [2.45, 2.75) is 0 Å². The van der Waals surface area contributed by atoms with E-state index in [1.54, 1.807) is 39.5 Å². The molecule has 0 radical (unpaired) electrons. The highest BCUT2D eigenvalue weighted by molar-refractivity contribution is 9.10. The summed E-state index contributed by atoms with van der Waals surface area (Å²) in [5.74, 6) is 1.03.